The fourth-order valence-electron chi connectivity index (χ4n) is 2.12. The highest BCUT2D eigenvalue weighted by molar-refractivity contribution is 7.92. The van der Waals surface area contributed by atoms with Gasteiger partial charge in [-0.1, -0.05) is 23.2 Å². The quantitative estimate of drug-likeness (QED) is 0.588. The van der Waals surface area contributed by atoms with Crippen molar-refractivity contribution < 1.29 is 18.0 Å². The SMILES string of the molecule is CS(=O)(=O)Nc1ccc(C(=O)NCCNC(=O)c2cc(Cl)ccc2Cl)cc1. The summed E-state index contributed by atoms with van der Waals surface area (Å²) in [7, 11) is -3.37. The number of hydrogen-bond acceptors (Lipinski definition) is 4. The molecule has 2 rings (SSSR count). The summed E-state index contributed by atoms with van der Waals surface area (Å²) in [5, 5.41) is 5.96. The minimum atomic E-state index is -3.37. The van der Waals surface area contributed by atoms with E-state index in [1.807, 2.05) is 0 Å². The Labute approximate surface area is 167 Å². The summed E-state index contributed by atoms with van der Waals surface area (Å²) < 4.78 is 24.6. The zero-order chi connectivity index (χ0) is 20.0. The van der Waals surface area contributed by atoms with Gasteiger partial charge in [0.2, 0.25) is 10.0 Å². The molecular weight excluding hydrogens is 413 g/mol. The van der Waals surface area contributed by atoms with E-state index in [2.05, 4.69) is 15.4 Å². The normalized spacial score (nSPS) is 10.9. The molecule has 0 radical (unpaired) electrons. The van der Waals surface area contributed by atoms with Crippen LogP contribution in [0.4, 0.5) is 5.69 Å². The topological polar surface area (TPSA) is 104 Å². The molecule has 0 bridgehead atoms. The first-order valence-electron chi connectivity index (χ1n) is 7.75. The van der Waals surface area contributed by atoms with Crippen molar-refractivity contribution in [3.05, 3.63) is 63.6 Å². The Morgan fingerprint density at radius 2 is 1.52 bits per heavy atom. The predicted octanol–water partition coefficient (Wildman–Crippen LogP) is 2.52. The van der Waals surface area contributed by atoms with Crippen LogP contribution in [0.25, 0.3) is 0 Å². The molecule has 2 aromatic carbocycles. The van der Waals surface area contributed by atoms with Gasteiger partial charge in [-0.3, -0.25) is 14.3 Å². The van der Waals surface area contributed by atoms with Crippen LogP contribution in [-0.2, 0) is 10.0 Å². The molecule has 0 aromatic heterocycles. The second-order valence-electron chi connectivity index (χ2n) is 5.59. The molecule has 0 aliphatic heterocycles. The summed E-state index contributed by atoms with van der Waals surface area (Å²) in [4.78, 5) is 24.1. The number of sulfonamides is 1. The lowest BCUT2D eigenvalue weighted by Gasteiger charge is -2.09. The van der Waals surface area contributed by atoms with Crippen LogP contribution in [-0.4, -0.2) is 39.6 Å². The monoisotopic (exact) mass is 429 g/mol. The van der Waals surface area contributed by atoms with E-state index in [4.69, 9.17) is 23.2 Å². The predicted molar refractivity (Wildman–Crippen MR) is 106 cm³/mol. The molecule has 0 unspecified atom stereocenters. The number of amides is 2. The number of halogens is 2. The highest BCUT2D eigenvalue weighted by atomic mass is 35.5. The third-order valence-corrected chi connectivity index (χ3v) is 4.49. The Kier molecular flexibility index (Phi) is 7.06. The van der Waals surface area contributed by atoms with Crippen LogP contribution >= 0.6 is 23.2 Å². The number of hydrogen-bond donors (Lipinski definition) is 3. The molecule has 0 heterocycles. The van der Waals surface area contributed by atoms with E-state index in [1.165, 1.54) is 36.4 Å². The second kappa shape index (κ2) is 9.07. The summed E-state index contributed by atoms with van der Waals surface area (Å²) in [6, 6.07) is 10.5. The molecule has 3 N–H and O–H groups in total. The van der Waals surface area contributed by atoms with Gasteiger partial charge in [-0.05, 0) is 42.5 Å². The Hall–Kier alpha value is -2.29. The standard InChI is InChI=1S/C17H17Cl2N3O4S/c1-27(25,26)22-13-5-2-11(3-6-13)16(23)20-8-9-21-17(24)14-10-12(18)4-7-15(14)19/h2-7,10,22H,8-9H2,1H3,(H,20,23)(H,21,24). The van der Waals surface area contributed by atoms with Crippen LogP contribution in [0.5, 0.6) is 0 Å². The van der Waals surface area contributed by atoms with Gasteiger partial charge >= 0.3 is 0 Å². The van der Waals surface area contributed by atoms with Gasteiger partial charge in [0.1, 0.15) is 0 Å². The van der Waals surface area contributed by atoms with Crippen molar-refractivity contribution in [2.24, 2.45) is 0 Å². The van der Waals surface area contributed by atoms with E-state index >= 15 is 0 Å². The van der Waals surface area contributed by atoms with E-state index in [0.717, 1.165) is 6.26 Å². The third kappa shape index (κ3) is 6.74. The molecule has 0 aliphatic rings. The first-order chi connectivity index (χ1) is 12.7. The molecule has 2 aromatic rings. The lowest BCUT2D eigenvalue weighted by atomic mass is 10.2. The number of carbonyl (C=O) groups excluding carboxylic acids is 2. The number of benzene rings is 2. The van der Waals surface area contributed by atoms with Crippen molar-refractivity contribution >= 4 is 50.7 Å². The molecule has 10 heteroatoms. The summed E-state index contributed by atoms with van der Waals surface area (Å²) in [5.74, 6) is -0.746. The maximum Gasteiger partial charge on any atom is 0.252 e. The van der Waals surface area contributed by atoms with Crippen LogP contribution in [0.15, 0.2) is 42.5 Å². The number of anilines is 1. The molecule has 0 spiro atoms. The van der Waals surface area contributed by atoms with Crippen molar-refractivity contribution in [3.63, 3.8) is 0 Å². The van der Waals surface area contributed by atoms with Crippen LogP contribution in [0, 0.1) is 0 Å². The fraction of sp³-hybridized carbons (Fsp3) is 0.176. The van der Waals surface area contributed by atoms with E-state index in [0.29, 0.717) is 16.3 Å². The van der Waals surface area contributed by atoms with Crippen molar-refractivity contribution in [2.75, 3.05) is 24.1 Å². The van der Waals surface area contributed by atoms with Gasteiger partial charge in [0, 0.05) is 29.4 Å². The highest BCUT2D eigenvalue weighted by Gasteiger charge is 2.11. The van der Waals surface area contributed by atoms with Gasteiger partial charge in [0.25, 0.3) is 11.8 Å². The molecule has 0 aliphatic carbocycles. The first-order valence-corrected chi connectivity index (χ1v) is 10.4. The van der Waals surface area contributed by atoms with Gasteiger partial charge in [0.05, 0.1) is 16.8 Å². The van der Waals surface area contributed by atoms with Gasteiger partial charge in [-0.2, -0.15) is 0 Å². The molecule has 27 heavy (non-hydrogen) atoms. The van der Waals surface area contributed by atoms with Crippen LogP contribution < -0.4 is 15.4 Å². The Balaban J connectivity index is 1.82. The lowest BCUT2D eigenvalue weighted by Crippen LogP contribution is -2.34. The molecule has 0 saturated carbocycles. The number of rotatable bonds is 7. The van der Waals surface area contributed by atoms with Gasteiger partial charge in [-0.15, -0.1) is 0 Å². The van der Waals surface area contributed by atoms with E-state index in [-0.39, 0.29) is 29.6 Å². The van der Waals surface area contributed by atoms with Crippen molar-refractivity contribution in [1.82, 2.24) is 10.6 Å². The van der Waals surface area contributed by atoms with Crippen molar-refractivity contribution in [2.45, 2.75) is 0 Å². The maximum absolute atomic E-state index is 12.1. The second-order valence-corrected chi connectivity index (χ2v) is 8.18. The summed E-state index contributed by atoms with van der Waals surface area (Å²) in [6.45, 7) is 0.396. The molecule has 144 valence electrons. The van der Waals surface area contributed by atoms with Crippen molar-refractivity contribution in [3.8, 4) is 0 Å². The lowest BCUT2D eigenvalue weighted by molar-refractivity contribution is 0.0928. The average Bonchev–Trinajstić information content (AvgIpc) is 2.59. The smallest absolute Gasteiger partial charge is 0.252 e. The van der Waals surface area contributed by atoms with Crippen LogP contribution in [0.2, 0.25) is 10.0 Å². The molecular formula is C17H17Cl2N3O4S. The van der Waals surface area contributed by atoms with Crippen LogP contribution in [0.1, 0.15) is 20.7 Å². The highest BCUT2D eigenvalue weighted by Crippen LogP contribution is 2.20. The third-order valence-electron chi connectivity index (χ3n) is 3.32. The zero-order valence-corrected chi connectivity index (χ0v) is 16.6. The summed E-state index contributed by atoms with van der Waals surface area (Å²) in [6.07, 6.45) is 1.04. The van der Waals surface area contributed by atoms with E-state index in [9.17, 15) is 18.0 Å². The van der Waals surface area contributed by atoms with E-state index in [1.54, 1.807) is 6.07 Å². The fourth-order valence-corrected chi connectivity index (χ4v) is 3.06. The first kappa shape index (κ1) is 21.0. The van der Waals surface area contributed by atoms with E-state index < -0.39 is 15.9 Å². The summed E-state index contributed by atoms with van der Waals surface area (Å²) in [5.41, 5.74) is 0.974. The van der Waals surface area contributed by atoms with Gasteiger partial charge < -0.3 is 10.6 Å². The Morgan fingerprint density at radius 3 is 2.11 bits per heavy atom. The Morgan fingerprint density at radius 1 is 0.926 bits per heavy atom. The molecule has 0 fully saturated rings. The molecule has 2 amide bonds. The molecule has 7 nitrogen and oxygen atoms in total. The number of carbonyl (C=O) groups is 2. The minimum absolute atomic E-state index is 0.196. The zero-order valence-electron chi connectivity index (χ0n) is 14.3. The minimum Gasteiger partial charge on any atom is -0.350 e. The molecule has 0 atom stereocenters. The molecule has 0 saturated heterocycles. The van der Waals surface area contributed by atoms with Crippen molar-refractivity contribution in [1.29, 1.82) is 0 Å². The summed E-state index contributed by atoms with van der Waals surface area (Å²) >= 11 is 11.8. The largest absolute Gasteiger partial charge is 0.350 e. The Bertz CT molecular complexity index is 947. The van der Waals surface area contributed by atoms with Gasteiger partial charge in [0.15, 0.2) is 0 Å². The average molecular weight is 430 g/mol. The number of nitrogens with one attached hydrogen (secondary N) is 3. The van der Waals surface area contributed by atoms with Gasteiger partial charge in [-0.25, -0.2) is 8.42 Å². The van der Waals surface area contributed by atoms with Crippen LogP contribution in [0.3, 0.4) is 0 Å². The maximum atomic E-state index is 12.1.